The van der Waals surface area contributed by atoms with Crippen LogP contribution in [0.15, 0.2) is 36.4 Å². The summed E-state index contributed by atoms with van der Waals surface area (Å²) in [6.45, 7) is 1.37. The SMILES string of the molecule is CCc1ccc(Cc2cc([C@@]3(O)O[C@H](CO)[C@@H](O)[C@H](O)[C@H]3O)cc(OC)c2C#N)cc1. The number of aliphatic hydroxyl groups excluding tert-OH is 4. The highest BCUT2D eigenvalue weighted by Crippen LogP contribution is 2.39. The number of aliphatic hydroxyl groups is 5. The summed E-state index contributed by atoms with van der Waals surface area (Å²) >= 11 is 0. The minimum Gasteiger partial charge on any atom is -0.495 e. The molecule has 2 aromatic rings. The van der Waals surface area contributed by atoms with Crippen LogP contribution in [0.2, 0.25) is 0 Å². The summed E-state index contributed by atoms with van der Waals surface area (Å²) in [6, 6.07) is 12.8. The fraction of sp³-hybridized carbons (Fsp3) is 0.435. The van der Waals surface area contributed by atoms with Crippen LogP contribution >= 0.6 is 0 Å². The molecule has 166 valence electrons. The summed E-state index contributed by atoms with van der Waals surface area (Å²) in [4.78, 5) is 0. The van der Waals surface area contributed by atoms with Gasteiger partial charge in [0.15, 0.2) is 0 Å². The molecule has 1 aliphatic heterocycles. The van der Waals surface area contributed by atoms with Gasteiger partial charge in [-0.15, -0.1) is 0 Å². The fourth-order valence-corrected chi connectivity index (χ4v) is 3.81. The molecule has 0 unspecified atom stereocenters. The van der Waals surface area contributed by atoms with Crippen molar-refractivity contribution in [2.24, 2.45) is 0 Å². The Morgan fingerprint density at radius 1 is 1.10 bits per heavy atom. The van der Waals surface area contributed by atoms with Crippen molar-refractivity contribution < 1.29 is 35.0 Å². The lowest BCUT2D eigenvalue weighted by Crippen LogP contribution is -2.63. The molecule has 1 heterocycles. The maximum atomic E-state index is 11.2. The predicted molar refractivity (Wildman–Crippen MR) is 110 cm³/mol. The van der Waals surface area contributed by atoms with E-state index in [1.54, 1.807) is 0 Å². The number of hydrogen-bond acceptors (Lipinski definition) is 8. The van der Waals surface area contributed by atoms with Crippen molar-refractivity contribution in [3.05, 3.63) is 64.2 Å². The molecule has 1 aliphatic rings. The molecule has 0 aromatic heterocycles. The molecule has 2 aromatic carbocycles. The standard InChI is InChI=1S/C23H27NO7/c1-3-13-4-6-14(7-5-13)8-15-9-16(10-18(30-2)17(15)11-24)23(29)22(28)21(27)20(26)19(12-25)31-23/h4-7,9-10,19-22,25-29H,3,8,12H2,1-2H3/t19-,20-,21+,22-,23-/m1/s1. The first-order chi connectivity index (χ1) is 14.8. The second kappa shape index (κ2) is 9.32. The molecule has 3 rings (SSSR count). The normalized spacial score (nSPS) is 28.2. The van der Waals surface area contributed by atoms with E-state index >= 15 is 0 Å². The Hall–Kier alpha value is -2.51. The van der Waals surface area contributed by atoms with Crippen molar-refractivity contribution in [1.29, 1.82) is 5.26 Å². The number of aryl methyl sites for hydroxylation is 1. The van der Waals surface area contributed by atoms with Crippen LogP contribution in [-0.4, -0.2) is 63.7 Å². The van der Waals surface area contributed by atoms with Crippen LogP contribution in [0.25, 0.3) is 0 Å². The average Bonchev–Trinajstić information content (AvgIpc) is 2.80. The first-order valence-corrected chi connectivity index (χ1v) is 10.0. The third kappa shape index (κ3) is 4.29. The van der Waals surface area contributed by atoms with Gasteiger partial charge < -0.3 is 35.0 Å². The zero-order chi connectivity index (χ0) is 22.8. The summed E-state index contributed by atoms with van der Waals surface area (Å²) < 4.78 is 10.8. The number of rotatable bonds is 6. The molecule has 0 radical (unpaired) electrons. The number of nitriles is 1. The molecule has 5 N–H and O–H groups in total. The van der Waals surface area contributed by atoms with E-state index in [2.05, 4.69) is 13.0 Å². The van der Waals surface area contributed by atoms with Crippen LogP contribution in [0.5, 0.6) is 5.75 Å². The second-order valence-corrected chi connectivity index (χ2v) is 7.63. The monoisotopic (exact) mass is 429 g/mol. The van der Waals surface area contributed by atoms with Gasteiger partial charge in [-0.2, -0.15) is 5.26 Å². The largest absolute Gasteiger partial charge is 0.495 e. The molecule has 1 fully saturated rings. The number of benzene rings is 2. The van der Waals surface area contributed by atoms with Gasteiger partial charge in [-0.3, -0.25) is 0 Å². The van der Waals surface area contributed by atoms with Crippen LogP contribution < -0.4 is 4.74 Å². The van der Waals surface area contributed by atoms with Gasteiger partial charge in [0.2, 0.25) is 5.79 Å². The Balaban J connectivity index is 2.08. The summed E-state index contributed by atoms with van der Waals surface area (Å²) in [5.41, 5.74) is 2.91. The summed E-state index contributed by atoms with van der Waals surface area (Å²) in [5, 5.41) is 61.0. The van der Waals surface area contributed by atoms with Crippen LogP contribution in [0.4, 0.5) is 0 Å². The van der Waals surface area contributed by atoms with E-state index in [0.717, 1.165) is 12.0 Å². The van der Waals surface area contributed by atoms with Crippen molar-refractivity contribution in [1.82, 2.24) is 0 Å². The highest BCUT2D eigenvalue weighted by molar-refractivity contribution is 5.53. The van der Waals surface area contributed by atoms with E-state index in [9.17, 15) is 30.8 Å². The van der Waals surface area contributed by atoms with Crippen molar-refractivity contribution >= 4 is 0 Å². The Morgan fingerprint density at radius 3 is 2.29 bits per heavy atom. The number of hydrogen-bond donors (Lipinski definition) is 5. The van der Waals surface area contributed by atoms with Gasteiger partial charge in [-0.05, 0) is 41.7 Å². The molecule has 5 atom stereocenters. The van der Waals surface area contributed by atoms with Crippen molar-refractivity contribution in [3.63, 3.8) is 0 Å². The van der Waals surface area contributed by atoms with Gasteiger partial charge in [-0.25, -0.2) is 0 Å². The molecule has 8 heteroatoms. The van der Waals surface area contributed by atoms with Crippen LogP contribution in [0, 0.1) is 11.3 Å². The van der Waals surface area contributed by atoms with E-state index in [1.807, 2.05) is 24.3 Å². The average molecular weight is 429 g/mol. The minimum absolute atomic E-state index is 0.0282. The molecule has 0 spiro atoms. The fourth-order valence-electron chi connectivity index (χ4n) is 3.81. The molecule has 8 nitrogen and oxygen atoms in total. The minimum atomic E-state index is -2.44. The quantitative estimate of drug-likeness (QED) is 0.442. The van der Waals surface area contributed by atoms with Crippen LogP contribution in [0.1, 0.15) is 34.7 Å². The zero-order valence-electron chi connectivity index (χ0n) is 17.4. The maximum absolute atomic E-state index is 11.2. The molecule has 31 heavy (non-hydrogen) atoms. The highest BCUT2D eigenvalue weighted by Gasteiger charge is 2.53. The number of nitrogens with zero attached hydrogens (tertiary/aromatic N) is 1. The maximum Gasteiger partial charge on any atom is 0.222 e. The summed E-state index contributed by atoms with van der Waals surface area (Å²) in [7, 11) is 1.37. The smallest absolute Gasteiger partial charge is 0.222 e. The van der Waals surface area contributed by atoms with Crippen molar-refractivity contribution in [3.8, 4) is 11.8 Å². The third-order valence-electron chi connectivity index (χ3n) is 5.72. The Kier molecular flexibility index (Phi) is 6.96. The lowest BCUT2D eigenvalue weighted by molar-refractivity contribution is -0.357. The lowest BCUT2D eigenvalue weighted by atomic mass is 9.86. The molecule has 0 amide bonds. The topological polar surface area (TPSA) is 143 Å². The molecule has 0 bridgehead atoms. The Morgan fingerprint density at radius 2 is 1.74 bits per heavy atom. The first kappa shape index (κ1) is 23.2. The number of methoxy groups -OCH3 is 1. The molecule has 0 aliphatic carbocycles. The van der Waals surface area contributed by atoms with Gasteiger partial charge in [-0.1, -0.05) is 31.2 Å². The van der Waals surface area contributed by atoms with Gasteiger partial charge in [0, 0.05) is 5.56 Å². The van der Waals surface area contributed by atoms with E-state index in [0.29, 0.717) is 12.0 Å². The van der Waals surface area contributed by atoms with Crippen LogP contribution in [0.3, 0.4) is 0 Å². The van der Waals surface area contributed by atoms with E-state index in [4.69, 9.17) is 9.47 Å². The highest BCUT2D eigenvalue weighted by atomic mass is 16.7. The Bertz CT molecular complexity index is 954. The Labute approximate surface area is 180 Å². The van der Waals surface area contributed by atoms with Crippen LogP contribution in [-0.2, 0) is 23.4 Å². The van der Waals surface area contributed by atoms with Crippen molar-refractivity contribution in [2.45, 2.75) is 50.0 Å². The summed E-state index contributed by atoms with van der Waals surface area (Å²) in [5.74, 6) is -2.28. The lowest BCUT2D eigenvalue weighted by Gasteiger charge is -2.45. The number of ether oxygens (including phenoxy) is 2. The molecular formula is C23H27NO7. The molecule has 0 saturated carbocycles. The van der Waals surface area contributed by atoms with Crippen molar-refractivity contribution in [2.75, 3.05) is 13.7 Å². The van der Waals surface area contributed by atoms with Gasteiger partial charge >= 0.3 is 0 Å². The van der Waals surface area contributed by atoms with E-state index in [-0.39, 0.29) is 16.9 Å². The zero-order valence-corrected chi connectivity index (χ0v) is 17.4. The van der Waals surface area contributed by atoms with Gasteiger partial charge in [0.25, 0.3) is 0 Å². The first-order valence-electron chi connectivity index (χ1n) is 10.0. The van der Waals surface area contributed by atoms with Gasteiger partial charge in [0.1, 0.15) is 36.2 Å². The molecule has 1 saturated heterocycles. The third-order valence-corrected chi connectivity index (χ3v) is 5.72. The second-order valence-electron chi connectivity index (χ2n) is 7.63. The van der Waals surface area contributed by atoms with E-state index in [1.165, 1.54) is 24.8 Å². The van der Waals surface area contributed by atoms with E-state index < -0.39 is 36.8 Å². The molecular weight excluding hydrogens is 402 g/mol. The predicted octanol–water partition coefficient (Wildman–Crippen LogP) is 0.339. The summed E-state index contributed by atoms with van der Waals surface area (Å²) in [6.07, 6.45) is -5.33. The van der Waals surface area contributed by atoms with Gasteiger partial charge in [0.05, 0.1) is 19.3 Å².